The SMILES string of the molecule is CCO.COc1c(F)cc(-c2csc(N)n2)cc1F.COc1c(F)cc(C(=O)CBr)cc1F. The summed E-state index contributed by atoms with van der Waals surface area (Å²) >= 11 is 4.12. The van der Waals surface area contributed by atoms with Crippen LogP contribution in [0.5, 0.6) is 11.5 Å². The van der Waals surface area contributed by atoms with Crippen LogP contribution in [0.4, 0.5) is 22.7 Å². The molecule has 0 atom stereocenters. The third-order valence-corrected chi connectivity index (χ3v) is 4.85. The van der Waals surface area contributed by atoms with Crippen LogP contribution in [0.25, 0.3) is 11.3 Å². The van der Waals surface area contributed by atoms with Gasteiger partial charge in [-0.05, 0) is 31.2 Å². The molecule has 33 heavy (non-hydrogen) atoms. The van der Waals surface area contributed by atoms with E-state index in [1.807, 2.05) is 0 Å². The van der Waals surface area contributed by atoms with Crippen molar-refractivity contribution in [3.63, 3.8) is 0 Å². The van der Waals surface area contributed by atoms with Crippen molar-refractivity contribution in [1.82, 2.24) is 4.98 Å². The molecule has 0 spiro atoms. The van der Waals surface area contributed by atoms with Crippen molar-refractivity contribution < 1.29 is 36.9 Å². The first kappa shape index (κ1) is 28.3. The van der Waals surface area contributed by atoms with E-state index < -0.39 is 34.8 Å². The third kappa shape index (κ3) is 7.98. The number of ketones is 1. The van der Waals surface area contributed by atoms with E-state index in [-0.39, 0.29) is 23.3 Å². The average Bonchev–Trinajstić information content (AvgIpc) is 3.20. The van der Waals surface area contributed by atoms with Gasteiger partial charge in [-0.3, -0.25) is 4.79 Å². The molecule has 3 N–H and O–H groups in total. The van der Waals surface area contributed by atoms with Gasteiger partial charge in [-0.15, -0.1) is 11.3 Å². The van der Waals surface area contributed by atoms with E-state index in [0.29, 0.717) is 16.4 Å². The Balaban J connectivity index is 0.000000298. The number of carbonyl (C=O) groups is 1. The standard InChI is InChI=1S/C10H8F2N2OS.C9H7BrF2O2.C2H6O/c1-15-9-6(11)2-5(3-7(9)12)8-4-16-10(13)14-8;1-14-9-6(11)2-5(3-7(9)12)8(13)4-10;1-2-3/h2-4H,1H3,(H2,13,14);2-3H,4H2,1H3;3H,2H2,1H3. The Hall–Kier alpha value is -2.70. The summed E-state index contributed by atoms with van der Waals surface area (Å²) in [6.45, 7) is 1.93. The number of ether oxygens (including phenoxy) is 2. The van der Waals surface area contributed by atoms with Crippen molar-refractivity contribution in [3.8, 4) is 22.8 Å². The second-order valence-corrected chi connectivity index (χ2v) is 7.34. The number of hydrogen-bond donors (Lipinski definition) is 2. The molecule has 0 saturated heterocycles. The molecule has 0 fully saturated rings. The highest BCUT2D eigenvalue weighted by atomic mass is 79.9. The second-order valence-electron chi connectivity index (χ2n) is 5.89. The highest BCUT2D eigenvalue weighted by Crippen LogP contribution is 2.29. The highest BCUT2D eigenvalue weighted by molar-refractivity contribution is 9.09. The Bertz CT molecular complexity index is 1040. The minimum absolute atomic E-state index is 0.0160. The van der Waals surface area contributed by atoms with Crippen LogP contribution in [0.3, 0.4) is 0 Å². The molecule has 0 aliphatic heterocycles. The number of methoxy groups -OCH3 is 2. The summed E-state index contributed by atoms with van der Waals surface area (Å²) in [6, 6.07) is 4.23. The molecule has 0 radical (unpaired) electrons. The predicted octanol–water partition coefficient (Wildman–Crippen LogP) is 5.23. The van der Waals surface area contributed by atoms with E-state index in [1.165, 1.54) is 18.4 Å². The summed E-state index contributed by atoms with van der Waals surface area (Å²) in [5, 5.41) is 9.58. The third-order valence-electron chi connectivity index (χ3n) is 3.67. The molecule has 1 heterocycles. The van der Waals surface area contributed by atoms with Gasteiger partial charge in [-0.2, -0.15) is 0 Å². The number of carbonyl (C=O) groups excluding carboxylic acids is 1. The molecule has 3 aromatic rings. The van der Waals surface area contributed by atoms with E-state index in [9.17, 15) is 22.4 Å². The minimum atomic E-state index is -0.878. The van der Waals surface area contributed by atoms with E-state index in [4.69, 9.17) is 10.8 Å². The number of hydrogen-bond acceptors (Lipinski definition) is 7. The van der Waals surface area contributed by atoms with Crippen molar-refractivity contribution in [2.45, 2.75) is 6.92 Å². The molecule has 3 rings (SSSR count). The molecule has 0 saturated carbocycles. The van der Waals surface area contributed by atoms with E-state index in [2.05, 4.69) is 30.4 Å². The van der Waals surface area contributed by atoms with E-state index in [1.54, 1.807) is 12.3 Å². The van der Waals surface area contributed by atoms with Gasteiger partial charge in [0.05, 0.1) is 25.2 Å². The van der Waals surface area contributed by atoms with Crippen LogP contribution in [0.2, 0.25) is 0 Å². The first-order valence-corrected chi connectivity index (χ1v) is 11.1. The van der Waals surface area contributed by atoms with Gasteiger partial charge in [0.2, 0.25) is 0 Å². The number of benzene rings is 2. The number of nitrogens with two attached hydrogens (primary N) is 1. The fourth-order valence-electron chi connectivity index (χ4n) is 2.32. The molecule has 180 valence electrons. The largest absolute Gasteiger partial charge is 0.491 e. The molecule has 0 aliphatic rings. The Labute approximate surface area is 200 Å². The lowest BCUT2D eigenvalue weighted by molar-refractivity contribution is 0.102. The minimum Gasteiger partial charge on any atom is -0.491 e. The summed E-state index contributed by atoms with van der Waals surface area (Å²) in [5.41, 5.74) is 6.21. The molecule has 12 heteroatoms. The lowest BCUT2D eigenvalue weighted by Gasteiger charge is -2.05. The number of nitrogen functional groups attached to an aromatic ring is 1. The maximum atomic E-state index is 13.4. The number of anilines is 1. The predicted molar refractivity (Wildman–Crippen MR) is 122 cm³/mol. The van der Waals surface area contributed by atoms with Gasteiger partial charge in [0.1, 0.15) is 0 Å². The number of alkyl halides is 1. The van der Waals surface area contributed by atoms with Crippen LogP contribution >= 0.6 is 27.3 Å². The van der Waals surface area contributed by atoms with Gasteiger partial charge in [0.25, 0.3) is 0 Å². The molecule has 1 aromatic heterocycles. The Morgan fingerprint density at radius 3 is 1.79 bits per heavy atom. The first-order valence-electron chi connectivity index (χ1n) is 9.10. The van der Waals surface area contributed by atoms with Gasteiger partial charge >= 0.3 is 0 Å². The Morgan fingerprint density at radius 2 is 1.45 bits per heavy atom. The number of halogens is 5. The summed E-state index contributed by atoms with van der Waals surface area (Å²) in [4.78, 5) is 15.0. The Morgan fingerprint density at radius 1 is 1.03 bits per heavy atom. The van der Waals surface area contributed by atoms with Gasteiger partial charge < -0.3 is 20.3 Å². The molecule has 0 unspecified atom stereocenters. The lowest BCUT2D eigenvalue weighted by Crippen LogP contribution is -2.03. The summed E-state index contributed by atoms with van der Waals surface area (Å²) in [7, 11) is 2.37. The Kier molecular flexibility index (Phi) is 11.8. The molecule has 0 aliphatic carbocycles. The summed E-state index contributed by atoms with van der Waals surface area (Å²) < 4.78 is 62.0. The summed E-state index contributed by atoms with van der Waals surface area (Å²) in [5.74, 6) is -4.53. The zero-order chi connectivity index (χ0) is 25.1. The molecule has 6 nitrogen and oxygen atoms in total. The number of thiazole rings is 1. The van der Waals surface area contributed by atoms with Crippen molar-refractivity contribution in [3.05, 3.63) is 58.5 Å². The maximum absolute atomic E-state index is 13.4. The first-order chi connectivity index (χ1) is 15.6. The number of aliphatic hydroxyl groups excluding tert-OH is 1. The van der Waals surface area contributed by atoms with Gasteiger partial charge in [-0.1, -0.05) is 15.9 Å². The normalized spacial score (nSPS) is 9.85. The van der Waals surface area contributed by atoms with Crippen LogP contribution in [-0.2, 0) is 0 Å². The molecule has 0 bridgehead atoms. The second kappa shape index (κ2) is 13.8. The molecular weight excluding hydrogens is 532 g/mol. The number of rotatable bonds is 5. The van der Waals surface area contributed by atoms with Crippen LogP contribution in [-0.4, -0.2) is 42.0 Å². The van der Waals surface area contributed by atoms with Crippen molar-refractivity contribution in [1.29, 1.82) is 0 Å². The molecule has 2 aromatic carbocycles. The summed E-state index contributed by atoms with van der Waals surface area (Å²) in [6.07, 6.45) is 0. The van der Waals surface area contributed by atoms with E-state index >= 15 is 0 Å². The highest BCUT2D eigenvalue weighted by Gasteiger charge is 2.15. The quantitative estimate of drug-likeness (QED) is 0.256. The van der Waals surface area contributed by atoms with Crippen molar-refractivity contribution >= 4 is 38.2 Å². The van der Waals surface area contributed by atoms with Crippen LogP contribution in [0.1, 0.15) is 17.3 Å². The number of nitrogens with zero attached hydrogens (tertiary/aromatic N) is 1. The van der Waals surface area contributed by atoms with E-state index in [0.717, 1.165) is 31.4 Å². The lowest BCUT2D eigenvalue weighted by atomic mass is 10.1. The monoisotopic (exact) mass is 552 g/mol. The zero-order valence-electron chi connectivity index (χ0n) is 17.8. The topological polar surface area (TPSA) is 94.7 Å². The van der Waals surface area contributed by atoms with Gasteiger partial charge in [-0.25, -0.2) is 22.5 Å². The smallest absolute Gasteiger partial charge is 0.190 e. The van der Waals surface area contributed by atoms with Crippen LogP contribution < -0.4 is 15.2 Å². The van der Waals surface area contributed by atoms with Crippen LogP contribution in [0, 0.1) is 23.3 Å². The number of Topliss-reactive ketones (excluding diaryl/α,β-unsaturated/α-hetero) is 1. The van der Waals surface area contributed by atoms with Crippen LogP contribution in [0.15, 0.2) is 29.6 Å². The van der Waals surface area contributed by atoms with Gasteiger partial charge in [0.15, 0.2) is 45.7 Å². The van der Waals surface area contributed by atoms with Crippen molar-refractivity contribution in [2.75, 3.05) is 31.9 Å². The maximum Gasteiger partial charge on any atom is 0.190 e. The molecular formula is C21H21BrF4N2O4S. The fourth-order valence-corrected chi connectivity index (χ4v) is 3.21. The number of aromatic nitrogens is 1. The zero-order valence-corrected chi connectivity index (χ0v) is 20.2. The molecule has 0 amide bonds. The fraction of sp³-hybridized carbons (Fsp3) is 0.238. The van der Waals surface area contributed by atoms with Gasteiger partial charge in [0, 0.05) is 23.1 Å². The number of aliphatic hydroxyl groups is 1. The van der Waals surface area contributed by atoms with Crippen molar-refractivity contribution in [2.24, 2.45) is 0 Å². The average molecular weight is 553 g/mol.